The fourth-order valence-electron chi connectivity index (χ4n) is 3.55. The van der Waals surface area contributed by atoms with Gasteiger partial charge in [0.2, 0.25) is 5.95 Å². The summed E-state index contributed by atoms with van der Waals surface area (Å²) in [6.07, 6.45) is 1.72. The van der Waals surface area contributed by atoms with Crippen LogP contribution in [0.3, 0.4) is 0 Å². The average Bonchev–Trinajstić information content (AvgIpc) is 2.98. The number of nitrogens with two attached hydrogens (primary N) is 1. The number of benzene rings is 2. The molecule has 3 heterocycles. The molecule has 2 aromatic heterocycles. The van der Waals surface area contributed by atoms with E-state index in [4.69, 9.17) is 5.73 Å². The number of rotatable bonds is 1. The minimum atomic E-state index is -0.726. The highest BCUT2D eigenvalue weighted by atomic mass is 19.1. The second-order valence-corrected chi connectivity index (χ2v) is 6.14. The van der Waals surface area contributed by atoms with Crippen LogP contribution >= 0.6 is 0 Å². The largest absolute Gasteiger partial charge is 0.373 e. The van der Waals surface area contributed by atoms with Gasteiger partial charge in [-0.25, -0.2) is 18.3 Å². The third-order valence-electron chi connectivity index (χ3n) is 4.64. The summed E-state index contributed by atoms with van der Waals surface area (Å²) in [6.45, 7) is 0. The number of fused-ring (bicyclic) bond motifs is 2. The fourth-order valence-corrected chi connectivity index (χ4v) is 3.55. The third-order valence-corrected chi connectivity index (χ3v) is 4.64. The molecule has 0 saturated carbocycles. The molecule has 1 atom stereocenters. The van der Waals surface area contributed by atoms with E-state index in [1.807, 2.05) is 24.3 Å². The molecule has 1 unspecified atom stereocenters. The van der Waals surface area contributed by atoms with Gasteiger partial charge < -0.3 is 11.1 Å². The number of nitrogen functional groups attached to an aromatic ring is 1. The van der Waals surface area contributed by atoms with Crippen LogP contribution in [0.2, 0.25) is 0 Å². The van der Waals surface area contributed by atoms with E-state index in [9.17, 15) is 8.78 Å². The van der Waals surface area contributed by atoms with Crippen molar-refractivity contribution in [1.29, 1.82) is 0 Å². The Morgan fingerprint density at radius 1 is 1.00 bits per heavy atom. The maximum atomic E-state index is 14.5. The summed E-state index contributed by atoms with van der Waals surface area (Å²) in [5.41, 5.74) is 9.30. The van der Waals surface area contributed by atoms with E-state index in [1.54, 1.807) is 16.8 Å². The Bertz CT molecular complexity index is 1150. The molecule has 26 heavy (non-hydrogen) atoms. The van der Waals surface area contributed by atoms with Crippen molar-refractivity contribution in [2.24, 2.45) is 0 Å². The van der Waals surface area contributed by atoms with Gasteiger partial charge in [-0.2, -0.15) is 0 Å². The molecule has 0 spiro atoms. The maximum Gasteiger partial charge on any atom is 0.238 e. The SMILES string of the molecule is Nc1nc2c3c(ccn3n1)C(c1c(F)cccc1F)Nc1ccccc1-2. The molecule has 7 heteroatoms. The summed E-state index contributed by atoms with van der Waals surface area (Å²) in [7, 11) is 0. The number of halogens is 2. The number of hydrogen-bond acceptors (Lipinski definition) is 4. The van der Waals surface area contributed by atoms with Gasteiger partial charge in [0.15, 0.2) is 0 Å². The van der Waals surface area contributed by atoms with E-state index < -0.39 is 17.7 Å². The molecule has 0 bridgehead atoms. The minimum absolute atomic E-state index is 0.0416. The molecule has 0 amide bonds. The number of para-hydroxylation sites is 1. The Hall–Kier alpha value is -3.48. The number of nitrogens with zero attached hydrogens (tertiary/aromatic N) is 3. The lowest BCUT2D eigenvalue weighted by atomic mass is 9.98. The van der Waals surface area contributed by atoms with Crippen LogP contribution in [0.25, 0.3) is 16.8 Å². The van der Waals surface area contributed by atoms with E-state index in [0.717, 1.165) is 11.3 Å². The standard InChI is InChI=1S/C19H13F2N5/c20-12-5-3-6-13(21)15(12)16-11-8-9-26-18(11)17(24-19(22)25-26)10-4-1-2-7-14(10)23-16/h1-9,16,23H,(H2,22,25). The van der Waals surface area contributed by atoms with Gasteiger partial charge in [0.1, 0.15) is 17.3 Å². The number of nitrogens with one attached hydrogen (secondary N) is 1. The maximum absolute atomic E-state index is 14.5. The van der Waals surface area contributed by atoms with E-state index in [0.29, 0.717) is 16.8 Å². The average molecular weight is 349 g/mol. The van der Waals surface area contributed by atoms with Crippen molar-refractivity contribution < 1.29 is 8.78 Å². The predicted molar refractivity (Wildman–Crippen MR) is 94.7 cm³/mol. The van der Waals surface area contributed by atoms with Crippen molar-refractivity contribution in [3.05, 3.63) is 77.5 Å². The molecule has 5 nitrogen and oxygen atoms in total. The monoisotopic (exact) mass is 349 g/mol. The van der Waals surface area contributed by atoms with Crippen LogP contribution in [-0.4, -0.2) is 14.6 Å². The molecule has 5 rings (SSSR count). The topological polar surface area (TPSA) is 68.2 Å². The summed E-state index contributed by atoms with van der Waals surface area (Å²) in [6, 6.07) is 12.4. The zero-order valence-corrected chi connectivity index (χ0v) is 13.4. The smallest absolute Gasteiger partial charge is 0.238 e. The molecule has 3 N–H and O–H groups in total. The van der Waals surface area contributed by atoms with Crippen molar-refractivity contribution in [3.8, 4) is 11.3 Å². The summed E-state index contributed by atoms with van der Waals surface area (Å²) in [5.74, 6) is -1.10. The Labute approximate surface area is 147 Å². The van der Waals surface area contributed by atoms with Gasteiger partial charge in [-0.15, -0.1) is 5.10 Å². The molecule has 128 valence electrons. The summed E-state index contributed by atoms with van der Waals surface area (Å²) >= 11 is 0. The van der Waals surface area contributed by atoms with Crippen molar-refractivity contribution >= 4 is 17.2 Å². The molecular weight excluding hydrogens is 336 g/mol. The van der Waals surface area contributed by atoms with Crippen LogP contribution in [0.5, 0.6) is 0 Å². The van der Waals surface area contributed by atoms with E-state index >= 15 is 0 Å². The second kappa shape index (κ2) is 5.26. The lowest BCUT2D eigenvalue weighted by Crippen LogP contribution is -2.15. The number of hydrogen-bond donors (Lipinski definition) is 2. The van der Waals surface area contributed by atoms with Gasteiger partial charge >= 0.3 is 0 Å². The van der Waals surface area contributed by atoms with Gasteiger partial charge in [0.05, 0.1) is 17.1 Å². The van der Waals surface area contributed by atoms with E-state index in [2.05, 4.69) is 15.4 Å². The first kappa shape index (κ1) is 14.8. The Kier molecular flexibility index (Phi) is 3.00. The third kappa shape index (κ3) is 2.00. The lowest BCUT2D eigenvalue weighted by Gasteiger charge is -2.20. The minimum Gasteiger partial charge on any atom is -0.373 e. The van der Waals surface area contributed by atoms with E-state index in [1.165, 1.54) is 18.2 Å². The molecule has 4 aromatic rings. The van der Waals surface area contributed by atoms with Gasteiger partial charge in [0.25, 0.3) is 0 Å². The molecule has 1 aliphatic heterocycles. The predicted octanol–water partition coefficient (Wildman–Crippen LogP) is 3.77. The summed E-state index contributed by atoms with van der Waals surface area (Å²) < 4.78 is 30.7. The van der Waals surface area contributed by atoms with Crippen LogP contribution in [0.15, 0.2) is 54.7 Å². The zero-order chi connectivity index (χ0) is 17.8. The number of anilines is 2. The van der Waals surface area contributed by atoms with Crippen LogP contribution in [-0.2, 0) is 0 Å². The molecule has 2 aromatic carbocycles. The van der Waals surface area contributed by atoms with Gasteiger partial charge in [0, 0.05) is 23.0 Å². The van der Waals surface area contributed by atoms with Crippen LogP contribution < -0.4 is 11.1 Å². The Balaban J connectivity index is 1.89. The molecule has 0 saturated heterocycles. The highest BCUT2D eigenvalue weighted by molar-refractivity contribution is 5.90. The van der Waals surface area contributed by atoms with Crippen molar-refractivity contribution in [3.63, 3.8) is 0 Å². The molecule has 0 radical (unpaired) electrons. The van der Waals surface area contributed by atoms with E-state index in [-0.39, 0.29) is 11.5 Å². The van der Waals surface area contributed by atoms with Crippen LogP contribution in [0, 0.1) is 11.6 Å². The zero-order valence-electron chi connectivity index (χ0n) is 13.4. The first-order valence-electron chi connectivity index (χ1n) is 8.08. The Morgan fingerprint density at radius 2 is 1.77 bits per heavy atom. The second-order valence-electron chi connectivity index (χ2n) is 6.14. The van der Waals surface area contributed by atoms with Gasteiger partial charge in [-0.3, -0.25) is 0 Å². The van der Waals surface area contributed by atoms with Gasteiger partial charge in [-0.05, 0) is 24.3 Å². The summed E-state index contributed by atoms with van der Waals surface area (Å²) in [4.78, 5) is 4.40. The molecule has 1 aliphatic rings. The highest BCUT2D eigenvalue weighted by Crippen LogP contribution is 2.42. The molecule has 0 aliphatic carbocycles. The normalized spacial score (nSPS) is 15.4. The first-order valence-corrected chi connectivity index (χ1v) is 8.08. The van der Waals surface area contributed by atoms with Crippen molar-refractivity contribution in [2.75, 3.05) is 11.1 Å². The van der Waals surface area contributed by atoms with Crippen molar-refractivity contribution in [1.82, 2.24) is 14.6 Å². The first-order chi connectivity index (χ1) is 12.6. The van der Waals surface area contributed by atoms with Crippen molar-refractivity contribution in [2.45, 2.75) is 6.04 Å². The quantitative estimate of drug-likeness (QED) is 0.549. The molecular formula is C19H13F2N5. The molecule has 0 fully saturated rings. The lowest BCUT2D eigenvalue weighted by molar-refractivity contribution is 0.550. The van der Waals surface area contributed by atoms with Gasteiger partial charge in [-0.1, -0.05) is 24.3 Å². The van der Waals surface area contributed by atoms with Crippen LogP contribution in [0.1, 0.15) is 17.2 Å². The fraction of sp³-hybridized carbons (Fsp3) is 0.0526. The number of aromatic nitrogens is 3. The Morgan fingerprint density at radius 3 is 2.58 bits per heavy atom. The highest BCUT2D eigenvalue weighted by Gasteiger charge is 2.30. The van der Waals surface area contributed by atoms with Crippen LogP contribution in [0.4, 0.5) is 20.4 Å². The summed E-state index contributed by atoms with van der Waals surface area (Å²) in [5, 5.41) is 7.46.